The first kappa shape index (κ1) is 25.7. The molecule has 4 N–H and O–H groups in total. The van der Waals surface area contributed by atoms with E-state index in [-0.39, 0.29) is 24.0 Å². The monoisotopic (exact) mass is 538 g/mol. The summed E-state index contributed by atoms with van der Waals surface area (Å²) in [6.07, 6.45) is 4.89. The van der Waals surface area contributed by atoms with Crippen LogP contribution in [0.25, 0.3) is 32.7 Å². The van der Waals surface area contributed by atoms with Gasteiger partial charge in [0.15, 0.2) is 0 Å². The first-order chi connectivity index (χ1) is 19.5. The summed E-state index contributed by atoms with van der Waals surface area (Å²) >= 11 is 0. The van der Waals surface area contributed by atoms with Crippen LogP contribution in [0.5, 0.6) is 0 Å². The molecule has 0 amide bonds. The van der Waals surface area contributed by atoms with Crippen LogP contribution in [0.1, 0.15) is 11.1 Å². The van der Waals surface area contributed by atoms with Crippen molar-refractivity contribution < 1.29 is 13.2 Å². The summed E-state index contributed by atoms with van der Waals surface area (Å²) in [5.74, 6) is -1.12. The van der Waals surface area contributed by atoms with Gasteiger partial charge in [0.2, 0.25) is 0 Å². The van der Waals surface area contributed by atoms with Crippen LogP contribution >= 0.6 is 0 Å². The standard InChI is InChI=1S/C31H25F3N6/c32-19-1-4-22-25(7-10-36-28(22)15-19)31(18-35,26-8-11-37-29-16-20(33)2-5-23(26)29)40-14-13-39-27-9-12-38-30-17-21(34)3-6-24(27)30/h1-12,15-17,40H,13-14,18,35H2,(H,38,39). The number of anilines is 1. The predicted octanol–water partition coefficient (Wildman–Crippen LogP) is 5.65. The highest BCUT2D eigenvalue weighted by Crippen LogP contribution is 2.37. The first-order valence-electron chi connectivity index (χ1n) is 12.8. The third-order valence-electron chi connectivity index (χ3n) is 7.21. The fourth-order valence-corrected chi connectivity index (χ4v) is 5.36. The van der Waals surface area contributed by atoms with Crippen LogP contribution in [0.4, 0.5) is 18.9 Å². The number of aromatic nitrogens is 3. The lowest BCUT2D eigenvalue weighted by atomic mass is 9.79. The minimum atomic E-state index is -0.955. The number of nitrogens with one attached hydrogen (secondary N) is 2. The van der Waals surface area contributed by atoms with E-state index in [1.54, 1.807) is 36.8 Å². The smallest absolute Gasteiger partial charge is 0.125 e. The van der Waals surface area contributed by atoms with Gasteiger partial charge in [-0.2, -0.15) is 0 Å². The normalized spacial score (nSPS) is 11.9. The van der Waals surface area contributed by atoms with E-state index < -0.39 is 5.54 Å². The number of nitrogens with zero attached hydrogens (tertiary/aromatic N) is 3. The van der Waals surface area contributed by atoms with Crippen molar-refractivity contribution in [3.05, 3.63) is 120 Å². The van der Waals surface area contributed by atoms with Gasteiger partial charge in [0, 0.05) is 78.3 Å². The van der Waals surface area contributed by atoms with Gasteiger partial charge in [-0.25, -0.2) is 13.2 Å². The molecule has 200 valence electrons. The zero-order valence-electron chi connectivity index (χ0n) is 21.3. The van der Waals surface area contributed by atoms with Crippen molar-refractivity contribution >= 4 is 38.4 Å². The van der Waals surface area contributed by atoms with Crippen molar-refractivity contribution in [1.82, 2.24) is 20.3 Å². The molecule has 0 saturated heterocycles. The molecule has 6 nitrogen and oxygen atoms in total. The molecule has 3 heterocycles. The molecule has 0 atom stereocenters. The summed E-state index contributed by atoms with van der Waals surface area (Å²) in [4.78, 5) is 13.0. The number of pyridine rings is 3. The Balaban J connectivity index is 1.41. The Morgan fingerprint density at radius 3 is 1.60 bits per heavy atom. The largest absolute Gasteiger partial charge is 0.383 e. The number of fused-ring (bicyclic) bond motifs is 3. The van der Waals surface area contributed by atoms with Gasteiger partial charge < -0.3 is 16.4 Å². The van der Waals surface area contributed by atoms with Gasteiger partial charge in [0.1, 0.15) is 17.5 Å². The van der Waals surface area contributed by atoms with Gasteiger partial charge in [-0.05, 0) is 65.7 Å². The highest BCUT2D eigenvalue weighted by Gasteiger charge is 2.35. The lowest BCUT2D eigenvalue weighted by molar-refractivity contribution is 0.423. The summed E-state index contributed by atoms with van der Waals surface area (Å²) in [6, 6.07) is 19.0. The Kier molecular flexibility index (Phi) is 6.75. The van der Waals surface area contributed by atoms with Crippen molar-refractivity contribution in [2.24, 2.45) is 5.73 Å². The second-order valence-electron chi connectivity index (χ2n) is 9.52. The number of benzene rings is 3. The van der Waals surface area contributed by atoms with Gasteiger partial charge in [0.25, 0.3) is 0 Å². The molecule has 6 aromatic rings. The maximum atomic E-state index is 14.1. The molecule has 9 heteroatoms. The molecule has 0 spiro atoms. The van der Waals surface area contributed by atoms with Gasteiger partial charge in [-0.3, -0.25) is 15.0 Å². The maximum Gasteiger partial charge on any atom is 0.125 e. The molecule has 3 aromatic carbocycles. The summed E-state index contributed by atoms with van der Waals surface area (Å²) in [6.45, 7) is 1.09. The summed E-state index contributed by atoms with van der Waals surface area (Å²) in [5.41, 5.74) is 9.60. The predicted molar refractivity (Wildman–Crippen MR) is 151 cm³/mol. The van der Waals surface area contributed by atoms with Gasteiger partial charge >= 0.3 is 0 Å². The van der Waals surface area contributed by atoms with E-state index in [2.05, 4.69) is 25.6 Å². The highest BCUT2D eigenvalue weighted by molar-refractivity contribution is 5.91. The van der Waals surface area contributed by atoms with Gasteiger partial charge in [0.05, 0.1) is 22.1 Å². The molecular formula is C31H25F3N6. The van der Waals surface area contributed by atoms with E-state index in [1.165, 1.54) is 36.4 Å². The first-order valence-corrected chi connectivity index (χ1v) is 12.8. The zero-order chi connectivity index (χ0) is 27.7. The molecule has 3 aromatic heterocycles. The average molecular weight is 539 g/mol. The third kappa shape index (κ3) is 4.59. The fraction of sp³-hybridized carbons (Fsp3) is 0.129. The summed E-state index contributed by atoms with van der Waals surface area (Å²) in [5, 5.41) is 9.34. The molecule has 0 unspecified atom stereocenters. The summed E-state index contributed by atoms with van der Waals surface area (Å²) in [7, 11) is 0. The Morgan fingerprint density at radius 2 is 1.07 bits per heavy atom. The second kappa shape index (κ2) is 10.5. The number of rotatable bonds is 8. The quantitative estimate of drug-likeness (QED) is 0.217. The molecular weight excluding hydrogens is 513 g/mol. The topological polar surface area (TPSA) is 88.8 Å². The van der Waals surface area contributed by atoms with E-state index in [1.807, 2.05) is 18.2 Å². The minimum Gasteiger partial charge on any atom is -0.383 e. The maximum absolute atomic E-state index is 14.1. The van der Waals surface area contributed by atoms with Gasteiger partial charge in [-0.1, -0.05) is 0 Å². The number of nitrogens with two attached hydrogens (primary N) is 1. The van der Waals surface area contributed by atoms with Crippen molar-refractivity contribution in [2.45, 2.75) is 5.54 Å². The number of hydrogen-bond acceptors (Lipinski definition) is 6. The van der Waals surface area contributed by atoms with Crippen molar-refractivity contribution in [2.75, 3.05) is 25.0 Å². The van der Waals surface area contributed by atoms with Crippen molar-refractivity contribution in [3.63, 3.8) is 0 Å². The zero-order valence-corrected chi connectivity index (χ0v) is 21.3. The molecule has 0 aliphatic carbocycles. The summed E-state index contributed by atoms with van der Waals surface area (Å²) < 4.78 is 41.9. The van der Waals surface area contributed by atoms with Crippen LogP contribution < -0.4 is 16.4 Å². The Labute approximate surface area is 228 Å². The second-order valence-corrected chi connectivity index (χ2v) is 9.52. The van der Waals surface area contributed by atoms with Crippen LogP contribution in [0.15, 0.2) is 91.4 Å². The van der Waals surface area contributed by atoms with Crippen LogP contribution in [0, 0.1) is 17.5 Å². The lowest BCUT2D eigenvalue weighted by Gasteiger charge is -2.37. The van der Waals surface area contributed by atoms with E-state index in [4.69, 9.17) is 5.73 Å². The van der Waals surface area contributed by atoms with E-state index >= 15 is 0 Å². The molecule has 0 radical (unpaired) electrons. The van der Waals surface area contributed by atoms with E-state index in [9.17, 15) is 13.2 Å². The van der Waals surface area contributed by atoms with Gasteiger partial charge in [-0.15, -0.1) is 0 Å². The highest BCUT2D eigenvalue weighted by atomic mass is 19.1. The Bertz CT molecular complexity index is 1770. The van der Waals surface area contributed by atoms with Crippen LogP contribution in [0.3, 0.4) is 0 Å². The van der Waals surface area contributed by atoms with Crippen LogP contribution in [-0.2, 0) is 5.54 Å². The van der Waals surface area contributed by atoms with Crippen LogP contribution in [0.2, 0.25) is 0 Å². The molecule has 0 saturated carbocycles. The lowest BCUT2D eigenvalue weighted by Crippen LogP contribution is -2.51. The van der Waals surface area contributed by atoms with Crippen LogP contribution in [-0.4, -0.2) is 34.6 Å². The molecule has 6 rings (SSSR count). The van der Waals surface area contributed by atoms with Crippen molar-refractivity contribution in [1.29, 1.82) is 0 Å². The minimum absolute atomic E-state index is 0.136. The molecule has 40 heavy (non-hydrogen) atoms. The third-order valence-corrected chi connectivity index (χ3v) is 7.21. The number of hydrogen-bond donors (Lipinski definition) is 3. The molecule has 0 aliphatic rings. The molecule has 0 bridgehead atoms. The molecule has 0 fully saturated rings. The average Bonchev–Trinajstić information content (AvgIpc) is 2.96. The van der Waals surface area contributed by atoms with E-state index in [0.717, 1.165) is 33.0 Å². The van der Waals surface area contributed by atoms with Crippen molar-refractivity contribution in [3.8, 4) is 0 Å². The number of halogens is 3. The molecule has 0 aliphatic heterocycles. The Hall–Kier alpha value is -4.60. The Morgan fingerprint density at radius 1 is 0.600 bits per heavy atom. The fourth-order valence-electron chi connectivity index (χ4n) is 5.36. The SMILES string of the molecule is NCC(NCCNc1ccnc2cc(F)ccc12)(c1ccnc2cc(F)ccc12)c1ccnc2cc(F)ccc12. The van der Waals surface area contributed by atoms with E-state index in [0.29, 0.717) is 29.6 Å².